The fourth-order valence-corrected chi connectivity index (χ4v) is 3.03. The van der Waals surface area contributed by atoms with Crippen LogP contribution in [0.15, 0.2) is 35.9 Å². The Bertz CT molecular complexity index is 439. The van der Waals surface area contributed by atoms with E-state index in [0.29, 0.717) is 6.04 Å². The number of nitrogens with one attached hydrogen (secondary N) is 1. The van der Waals surface area contributed by atoms with Crippen molar-refractivity contribution in [1.29, 1.82) is 0 Å². The quantitative estimate of drug-likeness (QED) is 0.790. The smallest absolute Gasteiger partial charge is 0.123 e. The highest BCUT2D eigenvalue weighted by Crippen LogP contribution is 2.33. The first-order valence-electron chi connectivity index (χ1n) is 7.92. The van der Waals surface area contributed by atoms with E-state index in [1.54, 1.807) is 7.11 Å². The average molecular weight is 273 g/mol. The number of hydrogen-bond acceptors (Lipinski definition) is 2. The molecule has 2 rings (SSSR count). The molecule has 2 heteroatoms. The van der Waals surface area contributed by atoms with Crippen LogP contribution < -0.4 is 10.1 Å². The molecule has 1 aliphatic carbocycles. The van der Waals surface area contributed by atoms with Crippen molar-refractivity contribution in [2.45, 2.75) is 51.5 Å². The van der Waals surface area contributed by atoms with Gasteiger partial charge in [0, 0.05) is 5.56 Å². The van der Waals surface area contributed by atoms with Crippen LogP contribution in [-0.2, 0) is 0 Å². The lowest BCUT2D eigenvalue weighted by atomic mass is 9.90. The van der Waals surface area contributed by atoms with Gasteiger partial charge in [-0.3, -0.25) is 0 Å². The van der Waals surface area contributed by atoms with Gasteiger partial charge in [0.2, 0.25) is 0 Å². The normalized spacial score (nSPS) is 20.4. The second-order valence-corrected chi connectivity index (χ2v) is 5.46. The molecule has 1 atom stereocenters. The Balaban J connectivity index is 2.29. The topological polar surface area (TPSA) is 21.3 Å². The molecule has 1 N–H and O–H groups in total. The Morgan fingerprint density at radius 1 is 1.15 bits per heavy atom. The van der Waals surface area contributed by atoms with Crippen LogP contribution in [0, 0.1) is 0 Å². The van der Waals surface area contributed by atoms with E-state index < -0.39 is 0 Å². The van der Waals surface area contributed by atoms with Gasteiger partial charge in [-0.2, -0.15) is 0 Å². The first kappa shape index (κ1) is 15.1. The van der Waals surface area contributed by atoms with Crippen molar-refractivity contribution in [3.8, 4) is 5.75 Å². The van der Waals surface area contributed by atoms with E-state index in [-0.39, 0.29) is 0 Å². The van der Waals surface area contributed by atoms with E-state index in [2.05, 4.69) is 36.5 Å². The van der Waals surface area contributed by atoms with Crippen LogP contribution in [0.4, 0.5) is 0 Å². The standard InChI is InChI=1S/C18H27NO/c1-3-19-18(15-11-7-5-4-6-8-12-15)16-13-9-10-14-17(16)20-2/h9-11,13-14,18-19H,3-8,12H2,1-2H3/b15-11+. The Morgan fingerprint density at radius 2 is 1.95 bits per heavy atom. The number of allylic oxidation sites excluding steroid dienone is 1. The van der Waals surface area contributed by atoms with Crippen molar-refractivity contribution >= 4 is 0 Å². The molecule has 1 unspecified atom stereocenters. The predicted molar refractivity (Wildman–Crippen MR) is 85.2 cm³/mol. The average Bonchev–Trinajstić information content (AvgIpc) is 2.45. The second kappa shape index (κ2) is 8.11. The largest absolute Gasteiger partial charge is 0.496 e. The van der Waals surface area contributed by atoms with Crippen molar-refractivity contribution in [2.75, 3.05) is 13.7 Å². The molecule has 110 valence electrons. The second-order valence-electron chi connectivity index (χ2n) is 5.46. The Kier molecular flexibility index (Phi) is 6.13. The molecule has 0 heterocycles. The molecule has 1 aromatic rings. The summed E-state index contributed by atoms with van der Waals surface area (Å²) >= 11 is 0. The monoisotopic (exact) mass is 273 g/mol. The first-order chi connectivity index (χ1) is 9.86. The molecule has 0 bridgehead atoms. The summed E-state index contributed by atoms with van der Waals surface area (Å²) in [6, 6.07) is 8.69. The van der Waals surface area contributed by atoms with Gasteiger partial charge in [0.05, 0.1) is 13.2 Å². The molecule has 0 spiro atoms. The highest BCUT2D eigenvalue weighted by atomic mass is 16.5. The first-order valence-corrected chi connectivity index (χ1v) is 7.92. The number of rotatable bonds is 5. The van der Waals surface area contributed by atoms with Gasteiger partial charge in [-0.05, 0) is 38.3 Å². The Labute approximate surface area is 123 Å². The number of para-hydroxylation sites is 1. The third-order valence-corrected chi connectivity index (χ3v) is 4.06. The Hall–Kier alpha value is -1.28. The number of methoxy groups -OCH3 is 1. The maximum atomic E-state index is 5.55. The number of hydrogen-bond donors (Lipinski definition) is 1. The van der Waals surface area contributed by atoms with Crippen LogP contribution in [0.25, 0.3) is 0 Å². The van der Waals surface area contributed by atoms with Gasteiger partial charge >= 0.3 is 0 Å². The molecular weight excluding hydrogens is 246 g/mol. The zero-order valence-corrected chi connectivity index (χ0v) is 12.8. The molecule has 0 saturated heterocycles. The third kappa shape index (κ3) is 3.86. The van der Waals surface area contributed by atoms with Crippen molar-refractivity contribution in [3.63, 3.8) is 0 Å². The van der Waals surface area contributed by atoms with Crippen molar-refractivity contribution in [1.82, 2.24) is 5.32 Å². The van der Waals surface area contributed by atoms with Crippen LogP contribution in [0.3, 0.4) is 0 Å². The summed E-state index contributed by atoms with van der Waals surface area (Å²) in [6.07, 6.45) is 10.3. The molecule has 0 radical (unpaired) electrons. The minimum atomic E-state index is 0.300. The highest BCUT2D eigenvalue weighted by Gasteiger charge is 2.19. The zero-order chi connectivity index (χ0) is 14.2. The van der Waals surface area contributed by atoms with Gasteiger partial charge in [0.1, 0.15) is 5.75 Å². The zero-order valence-electron chi connectivity index (χ0n) is 12.8. The predicted octanol–water partition coefficient (Wildman–Crippen LogP) is 4.63. The van der Waals surface area contributed by atoms with Crippen molar-refractivity contribution < 1.29 is 4.74 Å². The summed E-state index contributed by atoms with van der Waals surface area (Å²) in [4.78, 5) is 0. The maximum absolute atomic E-state index is 5.55. The third-order valence-electron chi connectivity index (χ3n) is 4.06. The van der Waals surface area contributed by atoms with Gasteiger partial charge in [0.25, 0.3) is 0 Å². The van der Waals surface area contributed by atoms with E-state index in [0.717, 1.165) is 12.3 Å². The van der Waals surface area contributed by atoms with Gasteiger partial charge < -0.3 is 10.1 Å². The minimum Gasteiger partial charge on any atom is -0.496 e. The fourth-order valence-electron chi connectivity index (χ4n) is 3.03. The van der Waals surface area contributed by atoms with Crippen LogP contribution in [0.1, 0.15) is 57.1 Å². The lowest BCUT2D eigenvalue weighted by Crippen LogP contribution is -2.23. The summed E-state index contributed by atoms with van der Waals surface area (Å²) in [5.74, 6) is 0.987. The molecule has 1 aliphatic rings. The molecule has 0 aromatic heterocycles. The summed E-state index contributed by atoms with van der Waals surface area (Å²) in [6.45, 7) is 3.14. The Morgan fingerprint density at radius 3 is 2.75 bits per heavy atom. The van der Waals surface area contributed by atoms with Crippen molar-refractivity contribution in [3.05, 3.63) is 41.5 Å². The number of likely N-dealkylation sites (N-methyl/N-ethyl adjacent to an activating group) is 1. The van der Waals surface area contributed by atoms with E-state index in [1.807, 2.05) is 6.07 Å². The van der Waals surface area contributed by atoms with Crippen LogP contribution in [-0.4, -0.2) is 13.7 Å². The van der Waals surface area contributed by atoms with Crippen LogP contribution >= 0.6 is 0 Å². The lowest BCUT2D eigenvalue weighted by Gasteiger charge is -2.25. The summed E-state index contributed by atoms with van der Waals surface area (Å²) in [5.41, 5.74) is 2.81. The molecule has 20 heavy (non-hydrogen) atoms. The maximum Gasteiger partial charge on any atom is 0.123 e. The molecule has 2 nitrogen and oxygen atoms in total. The molecule has 0 aliphatic heterocycles. The van der Waals surface area contributed by atoms with Gasteiger partial charge in [-0.1, -0.05) is 49.6 Å². The van der Waals surface area contributed by atoms with E-state index in [1.165, 1.54) is 49.7 Å². The fraction of sp³-hybridized carbons (Fsp3) is 0.556. The molecule has 1 aromatic carbocycles. The van der Waals surface area contributed by atoms with E-state index in [9.17, 15) is 0 Å². The van der Waals surface area contributed by atoms with Gasteiger partial charge in [0.15, 0.2) is 0 Å². The van der Waals surface area contributed by atoms with Crippen LogP contribution in [0.5, 0.6) is 5.75 Å². The summed E-state index contributed by atoms with van der Waals surface area (Å²) in [5, 5.41) is 3.64. The van der Waals surface area contributed by atoms with Crippen LogP contribution in [0.2, 0.25) is 0 Å². The van der Waals surface area contributed by atoms with E-state index >= 15 is 0 Å². The molecule has 0 saturated carbocycles. The number of ether oxygens (including phenoxy) is 1. The lowest BCUT2D eigenvalue weighted by molar-refractivity contribution is 0.402. The van der Waals surface area contributed by atoms with Crippen molar-refractivity contribution in [2.24, 2.45) is 0 Å². The van der Waals surface area contributed by atoms with E-state index in [4.69, 9.17) is 4.74 Å². The highest BCUT2D eigenvalue weighted by molar-refractivity contribution is 5.40. The molecule has 0 amide bonds. The minimum absolute atomic E-state index is 0.300. The summed E-state index contributed by atoms with van der Waals surface area (Å²) in [7, 11) is 1.76. The summed E-state index contributed by atoms with van der Waals surface area (Å²) < 4.78 is 5.55. The SMILES string of the molecule is CCNC(/C1=C/CCCCCC1)c1ccccc1OC. The van der Waals surface area contributed by atoms with Gasteiger partial charge in [-0.25, -0.2) is 0 Å². The molecular formula is C18H27NO. The number of benzene rings is 1. The molecule has 0 fully saturated rings. The van der Waals surface area contributed by atoms with Gasteiger partial charge in [-0.15, -0.1) is 0 Å².